The van der Waals surface area contributed by atoms with Crippen LogP contribution < -0.4 is 5.32 Å². The Kier molecular flexibility index (Phi) is 6.25. The van der Waals surface area contributed by atoms with E-state index in [0.29, 0.717) is 12.6 Å². The first-order valence-corrected chi connectivity index (χ1v) is 10.6. The van der Waals surface area contributed by atoms with Crippen LogP contribution in [0.4, 0.5) is 5.69 Å². The van der Waals surface area contributed by atoms with Gasteiger partial charge in [0.15, 0.2) is 0 Å². The smallest absolute Gasteiger partial charge is 0.0660 e. The minimum absolute atomic E-state index is 0.436. The molecule has 0 unspecified atom stereocenters. The zero-order chi connectivity index (χ0) is 19.3. The minimum Gasteiger partial charge on any atom is -0.381 e. The van der Waals surface area contributed by atoms with Gasteiger partial charge >= 0.3 is 0 Å². The van der Waals surface area contributed by atoms with Crippen LogP contribution in [0.3, 0.4) is 0 Å². The molecule has 2 aliphatic rings. The van der Waals surface area contributed by atoms with Crippen LogP contribution in [0.25, 0.3) is 5.57 Å². The fourth-order valence-electron chi connectivity index (χ4n) is 3.81. The van der Waals surface area contributed by atoms with Crippen molar-refractivity contribution in [2.45, 2.75) is 25.5 Å². The van der Waals surface area contributed by atoms with Gasteiger partial charge in [-0.05, 0) is 59.4 Å². The fraction of sp³-hybridized carbons (Fsp3) is 0.348. The molecular weight excluding hydrogens is 414 g/mol. The van der Waals surface area contributed by atoms with Crippen molar-refractivity contribution in [2.24, 2.45) is 4.99 Å². The molecule has 0 radical (unpaired) electrons. The highest BCUT2D eigenvalue weighted by Crippen LogP contribution is 2.26. The molecule has 0 atom stereocenters. The summed E-state index contributed by atoms with van der Waals surface area (Å²) < 4.78 is 6.55. The highest BCUT2D eigenvalue weighted by Gasteiger charge is 2.18. The number of anilines is 1. The molecule has 0 amide bonds. The van der Waals surface area contributed by atoms with Gasteiger partial charge in [-0.3, -0.25) is 9.89 Å². The van der Waals surface area contributed by atoms with E-state index in [-0.39, 0.29) is 0 Å². The summed E-state index contributed by atoms with van der Waals surface area (Å²) in [5.41, 5.74) is 6.04. The predicted molar refractivity (Wildman–Crippen MR) is 120 cm³/mol. The van der Waals surface area contributed by atoms with Gasteiger partial charge in [-0.15, -0.1) is 0 Å². The molecule has 1 fully saturated rings. The number of benzene rings is 2. The molecule has 1 N–H and O–H groups in total. The van der Waals surface area contributed by atoms with Crippen molar-refractivity contribution in [1.29, 1.82) is 0 Å². The van der Waals surface area contributed by atoms with Gasteiger partial charge in [0, 0.05) is 49.3 Å². The second kappa shape index (κ2) is 9.03. The summed E-state index contributed by atoms with van der Waals surface area (Å²) in [4.78, 5) is 6.98. The van der Waals surface area contributed by atoms with Crippen LogP contribution in [-0.4, -0.2) is 44.0 Å². The number of aliphatic imine (C=N–C) groups is 1. The van der Waals surface area contributed by atoms with Crippen LogP contribution >= 0.6 is 15.9 Å². The first-order chi connectivity index (χ1) is 13.7. The SMILES string of the molecule is COC1CCN(Cc2ccc(N/C=C3\CN=Cc4ccc(Br)cc43)cc2)CC1. The third-order valence-corrected chi connectivity index (χ3v) is 5.99. The van der Waals surface area contributed by atoms with Crippen LogP contribution in [0.15, 0.2) is 58.1 Å². The Bertz CT molecular complexity index is 868. The molecule has 28 heavy (non-hydrogen) atoms. The summed E-state index contributed by atoms with van der Waals surface area (Å²) in [6.07, 6.45) is 6.72. The molecule has 4 nitrogen and oxygen atoms in total. The topological polar surface area (TPSA) is 36.9 Å². The van der Waals surface area contributed by atoms with Crippen molar-refractivity contribution in [1.82, 2.24) is 4.90 Å². The van der Waals surface area contributed by atoms with Crippen LogP contribution in [0.5, 0.6) is 0 Å². The average molecular weight is 440 g/mol. The molecule has 2 aliphatic heterocycles. The minimum atomic E-state index is 0.436. The molecule has 0 aliphatic carbocycles. The number of hydrogen-bond acceptors (Lipinski definition) is 4. The molecule has 5 heteroatoms. The van der Waals surface area contributed by atoms with Gasteiger partial charge in [-0.1, -0.05) is 34.1 Å². The Balaban J connectivity index is 1.37. The maximum absolute atomic E-state index is 5.46. The normalized spacial score (nSPS) is 19.0. The Morgan fingerprint density at radius 3 is 2.71 bits per heavy atom. The highest BCUT2D eigenvalue weighted by molar-refractivity contribution is 9.10. The first kappa shape index (κ1) is 19.4. The number of ether oxygens (including phenoxy) is 1. The quantitative estimate of drug-likeness (QED) is 0.715. The van der Waals surface area contributed by atoms with Crippen molar-refractivity contribution < 1.29 is 4.74 Å². The second-order valence-electron chi connectivity index (χ2n) is 7.42. The zero-order valence-corrected chi connectivity index (χ0v) is 17.8. The largest absolute Gasteiger partial charge is 0.381 e. The van der Waals surface area contributed by atoms with Gasteiger partial charge in [0.2, 0.25) is 0 Å². The van der Waals surface area contributed by atoms with E-state index in [2.05, 4.69) is 79.8 Å². The lowest BCUT2D eigenvalue weighted by atomic mass is 9.99. The standard InChI is InChI=1S/C23H26BrN3O/c1-28-22-8-10-27(11-9-22)16-17-2-6-21(7-3-17)26-15-19-14-25-13-18-4-5-20(24)12-23(18)19/h2-7,12-13,15,22,26H,8-11,14,16H2,1H3/b19-15+. The van der Waals surface area contributed by atoms with Crippen LogP contribution in [-0.2, 0) is 11.3 Å². The molecule has 1 saturated heterocycles. The Hall–Kier alpha value is -1.95. The van der Waals surface area contributed by atoms with Crippen LogP contribution in [0.1, 0.15) is 29.5 Å². The number of likely N-dealkylation sites (tertiary alicyclic amines) is 1. The second-order valence-corrected chi connectivity index (χ2v) is 8.34. The summed E-state index contributed by atoms with van der Waals surface area (Å²) in [5, 5.41) is 3.44. The molecule has 146 valence electrons. The summed E-state index contributed by atoms with van der Waals surface area (Å²) in [5.74, 6) is 0. The van der Waals surface area contributed by atoms with Crippen molar-refractivity contribution in [3.63, 3.8) is 0 Å². The molecule has 2 aromatic rings. The molecule has 2 aromatic carbocycles. The molecule has 0 aromatic heterocycles. The van der Waals surface area contributed by atoms with E-state index in [1.54, 1.807) is 0 Å². The van der Waals surface area contributed by atoms with E-state index in [1.807, 2.05) is 13.3 Å². The van der Waals surface area contributed by atoms with Gasteiger partial charge in [0.25, 0.3) is 0 Å². The maximum atomic E-state index is 5.46. The first-order valence-electron chi connectivity index (χ1n) is 9.81. The number of methoxy groups -OCH3 is 1. The molecule has 0 saturated carbocycles. The van der Waals surface area contributed by atoms with E-state index in [9.17, 15) is 0 Å². The number of hydrogen-bond donors (Lipinski definition) is 1. The van der Waals surface area contributed by atoms with Crippen LogP contribution in [0, 0.1) is 0 Å². The summed E-state index contributed by atoms with van der Waals surface area (Å²) in [6.45, 7) is 3.93. The number of piperidine rings is 1. The van der Waals surface area contributed by atoms with E-state index >= 15 is 0 Å². The lowest BCUT2D eigenvalue weighted by Crippen LogP contribution is -2.36. The van der Waals surface area contributed by atoms with Gasteiger partial charge < -0.3 is 10.1 Å². The molecule has 2 heterocycles. The fourth-order valence-corrected chi connectivity index (χ4v) is 4.17. The number of nitrogens with one attached hydrogen (secondary N) is 1. The van der Waals surface area contributed by atoms with Gasteiger partial charge in [-0.2, -0.15) is 0 Å². The van der Waals surface area contributed by atoms with Gasteiger partial charge in [0.1, 0.15) is 0 Å². The lowest BCUT2D eigenvalue weighted by Gasteiger charge is -2.31. The van der Waals surface area contributed by atoms with E-state index < -0.39 is 0 Å². The monoisotopic (exact) mass is 439 g/mol. The third-order valence-electron chi connectivity index (χ3n) is 5.49. The van der Waals surface area contributed by atoms with Crippen molar-refractivity contribution in [3.8, 4) is 0 Å². The number of nitrogens with zero attached hydrogens (tertiary/aromatic N) is 2. The molecular formula is C23H26BrN3O. The van der Waals surface area contributed by atoms with Gasteiger partial charge in [0.05, 0.1) is 12.6 Å². The third kappa shape index (κ3) is 4.72. The molecule has 4 rings (SSSR count). The molecule has 0 spiro atoms. The molecule has 0 bridgehead atoms. The Morgan fingerprint density at radius 1 is 1.18 bits per heavy atom. The summed E-state index contributed by atoms with van der Waals surface area (Å²) >= 11 is 3.57. The van der Waals surface area contributed by atoms with Crippen molar-refractivity contribution >= 4 is 33.4 Å². The Morgan fingerprint density at radius 2 is 1.96 bits per heavy atom. The predicted octanol–water partition coefficient (Wildman–Crippen LogP) is 4.95. The van der Waals surface area contributed by atoms with E-state index in [4.69, 9.17) is 4.74 Å². The average Bonchev–Trinajstić information content (AvgIpc) is 2.74. The van der Waals surface area contributed by atoms with Crippen LogP contribution in [0.2, 0.25) is 0 Å². The maximum Gasteiger partial charge on any atom is 0.0660 e. The number of rotatable bonds is 5. The van der Waals surface area contributed by atoms with Crippen molar-refractivity contribution in [2.75, 3.05) is 32.1 Å². The van der Waals surface area contributed by atoms with E-state index in [1.165, 1.54) is 16.7 Å². The summed E-state index contributed by atoms with van der Waals surface area (Å²) in [7, 11) is 1.82. The number of halogens is 1. The number of fused-ring (bicyclic) bond motifs is 1. The highest BCUT2D eigenvalue weighted by atomic mass is 79.9. The summed E-state index contributed by atoms with van der Waals surface area (Å²) in [6, 6.07) is 15.0. The zero-order valence-electron chi connectivity index (χ0n) is 16.2. The lowest BCUT2D eigenvalue weighted by molar-refractivity contribution is 0.0389. The van der Waals surface area contributed by atoms with E-state index in [0.717, 1.165) is 48.2 Å². The Labute approximate surface area is 175 Å². The van der Waals surface area contributed by atoms with Crippen molar-refractivity contribution in [3.05, 3.63) is 69.8 Å². The van der Waals surface area contributed by atoms with Gasteiger partial charge in [-0.25, -0.2) is 0 Å².